The molecule has 3 nitrogen and oxygen atoms in total. The summed E-state index contributed by atoms with van der Waals surface area (Å²) in [5, 5.41) is 2.25. The number of aliphatic imine (C=N–C) groups is 1. The first-order valence-corrected chi connectivity index (χ1v) is 4.78. The highest BCUT2D eigenvalue weighted by atomic mass is 32.1. The molecule has 0 aliphatic carbocycles. The number of esters is 1. The molecule has 78 valence electrons. The molecular formula is C11H11NO2S. The zero-order valence-corrected chi connectivity index (χ0v) is 9.64. The molecule has 15 heavy (non-hydrogen) atoms. The minimum absolute atomic E-state index is 0.415. The van der Waals surface area contributed by atoms with Gasteiger partial charge in [-0.25, -0.2) is 4.79 Å². The van der Waals surface area contributed by atoms with E-state index in [2.05, 4.69) is 27.1 Å². The molecule has 0 aliphatic rings. The van der Waals surface area contributed by atoms with Gasteiger partial charge in [-0.3, -0.25) is 0 Å². The van der Waals surface area contributed by atoms with Crippen molar-refractivity contribution in [1.29, 1.82) is 0 Å². The van der Waals surface area contributed by atoms with Crippen LogP contribution in [0.3, 0.4) is 0 Å². The summed E-state index contributed by atoms with van der Waals surface area (Å²) >= 11 is 4.52. The summed E-state index contributed by atoms with van der Waals surface area (Å²) in [7, 11) is 1.34. The van der Waals surface area contributed by atoms with Crippen LogP contribution in [0, 0.1) is 13.8 Å². The highest BCUT2D eigenvalue weighted by Crippen LogP contribution is 2.23. The Balaban J connectivity index is 3.40. The van der Waals surface area contributed by atoms with E-state index in [4.69, 9.17) is 0 Å². The molecule has 0 atom stereocenters. The van der Waals surface area contributed by atoms with Crippen molar-refractivity contribution in [3.63, 3.8) is 0 Å². The van der Waals surface area contributed by atoms with Crippen molar-refractivity contribution in [2.24, 2.45) is 4.99 Å². The molecular weight excluding hydrogens is 210 g/mol. The zero-order valence-electron chi connectivity index (χ0n) is 8.83. The maximum atomic E-state index is 11.4. The second kappa shape index (κ2) is 4.82. The van der Waals surface area contributed by atoms with Crippen LogP contribution in [0.1, 0.15) is 21.5 Å². The van der Waals surface area contributed by atoms with Crippen molar-refractivity contribution in [3.8, 4) is 0 Å². The predicted octanol–water partition coefficient (Wildman–Crippen LogP) is 2.82. The van der Waals surface area contributed by atoms with E-state index in [1.807, 2.05) is 13.8 Å². The van der Waals surface area contributed by atoms with Crippen LogP contribution in [0.5, 0.6) is 0 Å². The zero-order chi connectivity index (χ0) is 11.4. The highest BCUT2D eigenvalue weighted by molar-refractivity contribution is 7.78. The fourth-order valence-corrected chi connectivity index (χ4v) is 1.31. The van der Waals surface area contributed by atoms with Crippen molar-refractivity contribution < 1.29 is 9.53 Å². The molecule has 1 aromatic carbocycles. The van der Waals surface area contributed by atoms with Gasteiger partial charge in [0.05, 0.1) is 23.5 Å². The van der Waals surface area contributed by atoms with Crippen LogP contribution in [0.4, 0.5) is 5.69 Å². The van der Waals surface area contributed by atoms with Crippen molar-refractivity contribution in [2.75, 3.05) is 7.11 Å². The van der Waals surface area contributed by atoms with E-state index in [0.29, 0.717) is 11.3 Å². The number of isothiocyanates is 1. The smallest absolute Gasteiger partial charge is 0.340 e. The van der Waals surface area contributed by atoms with E-state index in [1.54, 1.807) is 12.1 Å². The molecule has 1 rings (SSSR count). The van der Waals surface area contributed by atoms with Crippen molar-refractivity contribution >= 4 is 29.0 Å². The number of aryl methyl sites for hydroxylation is 2. The second-order valence-electron chi connectivity index (χ2n) is 3.15. The molecule has 4 heteroatoms. The van der Waals surface area contributed by atoms with E-state index in [0.717, 1.165) is 11.1 Å². The quantitative estimate of drug-likeness (QED) is 0.438. The largest absolute Gasteiger partial charge is 0.465 e. The highest BCUT2D eigenvalue weighted by Gasteiger charge is 2.12. The molecule has 0 aliphatic heterocycles. The standard InChI is InChI=1S/C11H11NO2S/c1-7-4-9(11(13)14-3)10(12-6-15)5-8(7)2/h4-5H,1-3H3. The molecule has 0 heterocycles. The van der Waals surface area contributed by atoms with Gasteiger partial charge in [0.15, 0.2) is 0 Å². The molecule has 0 saturated carbocycles. The number of nitrogens with zero attached hydrogens (tertiary/aromatic N) is 1. The monoisotopic (exact) mass is 221 g/mol. The molecule has 0 radical (unpaired) electrons. The third-order valence-electron chi connectivity index (χ3n) is 2.18. The molecule has 0 aromatic heterocycles. The molecule has 0 saturated heterocycles. The molecule has 0 bridgehead atoms. The second-order valence-corrected chi connectivity index (χ2v) is 3.33. The van der Waals surface area contributed by atoms with Gasteiger partial charge in [0.2, 0.25) is 0 Å². The van der Waals surface area contributed by atoms with E-state index in [9.17, 15) is 4.79 Å². The van der Waals surface area contributed by atoms with Crippen LogP contribution in [-0.2, 0) is 4.74 Å². The normalized spacial score (nSPS) is 9.27. The summed E-state index contributed by atoms with van der Waals surface area (Å²) in [5.74, 6) is -0.415. The van der Waals surface area contributed by atoms with Crippen molar-refractivity contribution in [2.45, 2.75) is 13.8 Å². The maximum Gasteiger partial charge on any atom is 0.340 e. The van der Waals surface area contributed by atoms with E-state index in [1.165, 1.54) is 7.11 Å². The summed E-state index contributed by atoms with van der Waals surface area (Å²) in [6, 6.07) is 3.54. The summed E-state index contributed by atoms with van der Waals surface area (Å²) in [6.45, 7) is 3.87. The van der Waals surface area contributed by atoms with Gasteiger partial charge in [0.1, 0.15) is 0 Å². The number of benzene rings is 1. The molecule has 1 aromatic rings. The first kappa shape index (κ1) is 11.6. The molecule has 0 unspecified atom stereocenters. The van der Waals surface area contributed by atoms with Gasteiger partial charge in [-0.1, -0.05) is 0 Å². The number of hydrogen-bond acceptors (Lipinski definition) is 4. The van der Waals surface area contributed by atoms with Gasteiger partial charge in [-0.2, -0.15) is 4.99 Å². The molecule has 0 fully saturated rings. The lowest BCUT2D eigenvalue weighted by Crippen LogP contribution is -2.02. The number of rotatable bonds is 2. The Hall–Kier alpha value is -1.51. The topological polar surface area (TPSA) is 38.7 Å². The number of hydrogen-bond donors (Lipinski definition) is 0. The van der Waals surface area contributed by atoms with Crippen LogP contribution in [0.25, 0.3) is 0 Å². The van der Waals surface area contributed by atoms with Crippen LogP contribution in [0.15, 0.2) is 17.1 Å². The fraction of sp³-hybridized carbons (Fsp3) is 0.273. The number of methoxy groups -OCH3 is 1. The van der Waals surface area contributed by atoms with Gasteiger partial charge in [-0.05, 0) is 49.3 Å². The first-order valence-electron chi connectivity index (χ1n) is 4.37. The minimum Gasteiger partial charge on any atom is -0.465 e. The van der Waals surface area contributed by atoms with Crippen LogP contribution < -0.4 is 0 Å². The fourth-order valence-electron chi connectivity index (χ4n) is 1.22. The summed E-state index contributed by atoms with van der Waals surface area (Å²) in [6.07, 6.45) is 0. The third-order valence-corrected chi connectivity index (χ3v) is 2.27. The van der Waals surface area contributed by atoms with E-state index in [-0.39, 0.29) is 0 Å². The van der Waals surface area contributed by atoms with Gasteiger partial charge in [-0.15, -0.1) is 0 Å². The maximum absolute atomic E-state index is 11.4. The van der Waals surface area contributed by atoms with Gasteiger partial charge in [0, 0.05) is 0 Å². The van der Waals surface area contributed by atoms with Crippen molar-refractivity contribution in [3.05, 3.63) is 28.8 Å². The third kappa shape index (κ3) is 2.49. The lowest BCUT2D eigenvalue weighted by Gasteiger charge is -2.06. The van der Waals surface area contributed by atoms with E-state index >= 15 is 0 Å². The number of carbonyl (C=O) groups is 1. The Labute approximate surface area is 93.8 Å². The SMILES string of the molecule is COC(=O)c1cc(C)c(C)cc1N=C=S. The number of ether oxygens (including phenoxy) is 1. The molecule has 0 amide bonds. The van der Waals surface area contributed by atoms with Gasteiger partial charge >= 0.3 is 5.97 Å². The average Bonchev–Trinajstić information content (AvgIpc) is 2.22. The Kier molecular flexibility index (Phi) is 3.72. The average molecular weight is 221 g/mol. The van der Waals surface area contributed by atoms with Gasteiger partial charge in [0.25, 0.3) is 0 Å². The Morgan fingerprint density at radius 3 is 2.53 bits per heavy atom. The molecule has 0 N–H and O–H groups in total. The van der Waals surface area contributed by atoms with Crippen LogP contribution in [0.2, 0.25) is 0 Å². The van der Waals surface area contributed by atoms with Crippen LogP contribution >= 0.6 is 12.2 Å². The Morgan fingerprint density at radius 2 is 2.00 bits per heavy atom. The number of thiocarbonyl (C=S) groups is 1. The van der Waals surface area contributed by atoms with Crippen molar-refractivity contribution in [1.82, 2.24) is 0 Å². The summed E-state index contributed by atoms with van der Waals surface area (Å²) in [5.41, 5.74) is 2.98. The lowest BCUT2D eigenvalue weighted by molar-refractivity contribution is 0.0601. The predicted molar refractivity (Wildman–Crippen MR) is 61.9 cm³/mol. The van der Waals surface area contributed by atoms with Crippen LogP contribution in [-0.4, -0.2) is 18.2 Å². The lowest BCUT2D eigenvalue weighted by atomic mass is 10.0. The summed E-state index contributed by atoms with van der Waals surface area (Å²) in [4.78, 5) is 15.3. The van der Waals surface area contributed by atoms with Gasteiger partial charge < -0.3 is 4.74 Å². The molecule has 0 spiro atoms. The summed E-state index contributed by atoms with van der Waals surface area (Å²) < 4.78 is 4.66. The minimum atomic E-state index is -0.415. The Bertz CT molecular complexity index is 448. The first-order chi connectivity index (χ1) is 7.10. The van der Waals surface area contributed by atoms with E-state index < -0.39 is 5.97 Å². The number of carbonyl (C=O) groups excluding carboxylic acids is 1. The Morgan fingerprint density at radius 1 is 1.40 bits per heavy atom.